The number of aryl methyl sites for hydroxylation is 2. The topological polar surface area (TPSA) is 66.9 Å². The molecule has 22 heavy (non-hydrogen) atoms. The summed E-state index contributed by atoms with van der Waals surface area (Å²) in [6.07, 6.45) is 4.77. The van der Waals surface area contributed by atoms with E-state index in [0.29, 0.717) is 17.7 Å². The molecule has 3 rings (SSSR count). The van der Waals surface area contributed by atoms with Crippen molar-refractivity contribution in [1.29, 1.82) is 0 Å². The lowest BCUT2D eigenvalue weighted by atomic mass is 10.1. The van der Waals surface area contributed by atoms with Gasteiger partial charge in [-0.1, -0.05) is 25.1 Å². The van der Waals surface area contributed by atoms with Gasteiger partial charge in [0.15, 0.2) is 0 Å². The van der Waals surface area contributed by atoms with Crippen LogP contribution in [0.1, 0.15) is 41.4 Å². The lowest BCUT2D eigenvalue weighted by Crippen LogP contribution is -2.17. The van der Waals surface area contributed by atoms with Gasteiger partial charge in [0, 0.05) is 17.9 Å². The van der Waals surface area contributed by atoms with E-state index in [1.807, 2.05) is 25.1 Å². The molecule has 0 aliphatic heterocycles. The second-order valence-electron chi connectivity index (χ2n) is 5.60. The number of benzene rings is 1. The molecule has 1 amide bonds. The van der Waals surface area contributed by atoms with Gasteiger partial charge < -0.3 is 10.6 Å². The maximum absolute atomic E-state index is 12.5. The maximum Gasteiger partial charge on any atom is 0.274 e. The molecule has 0 spiro atoms. The molecule has 1 aromatic heterocycles. The van der Waals surface area contributed by atoms with Crippen molar-refractivity contribution in [3.63, 3.8) is 0 Å². The van der Waals surface area contributed by atoms with Crippen LogP contribution in [-0.4, -0.2) is 21.9 Å². The third-order valence-corrected chi connectivity index (χ3v) is 3.78. The SMILES string of the molecule is CCc1cccc(C)c1NC(=O)c1ccnc(NC2CC2)n1. The zero-order valence-electron chi connectivity index (χ0n) is 12.9. The molecule has 2 aromatic rings. The van der Waals surface area contributed by atoms with Crippen LogP contribution >= 0.6 is 0 Å². The monoisotopic (exact) mass is 296 g/mol. The molecule has 5 heteroatoms. The highest BCUT2D eigenvalue weighted by atomic mass is 16.1. The number of hydrogen-bond donors (Lipinski definition) is 2. The minimum Gasteiger partial charge on any atom is -0.351 e. The minimum absolute atomic E-state index is 0.203. The lowest BCUT2D eigenvalue weighted by molar-refractivity contribution is 0.102. The van der Waals surface area contributed by atoms with Crippen molar-refractivity contribution in [1.82, 2.24) is 9.97 Å². The largest absolute Gasteiger partial charge is 0.351 e. The summed E-state index contributed by atoms with van der Waals surface area (Å²) in [6.45, 7) is 4.07. The van der Waals surface area contributed by atoms with Crippen LogP contribution in [0.4, 0.5) is 11.6 Å². The van der Waals surface area contributed by atoms with Crippen LogP contribution in [0, 0.1) is 6.92 Å². The molecule has 1 aromatic carbocycles. The normalized spacial score (nSPS) is 13.7. The molecule has 0 radical (unpaired) electrons. The molecule has 0 atom stereocenters. The van der Waals surface area contributed by atoms with Gasteiger partial charge in [0.2, 0.25) is 5.95 Å². The van der Waals surface area contributed by atoms with Crippen LogP contribution in [0.15, 0.2) is 30.5 Å². The minimum atomic E-state index is -0.203. The zero-order chi connectivity index (χ0) is 15.5. The van der Waals surface area contributed by atoms with Gasteiger partial charge in [-0.05, 0) is 43.4 Å². The summed E-state index contributed by atoms with van der Waals surface area (Å²) in [5, 5.41) is 6.19. The number of carbonyl (C=O) groups excluding carboxylic acids is 1. The molecule has 1 saturated carbocycles. The van der Waals surface area contributed by atoms with Crippen LogP contribution in [0.25, 0.3) is 0 Å². The van der Waals surface area contributed by atoms with E-state index in [0.717, 1.165) is 36.1 Å². The molecule has 5 nitrogen and oxygen atoms in total. The second-order valence-corrected chi connectivity index (χ2v) is 5.60. The Kier molecular flexibility index (Phi) is 4.04. The molecule has 1 fully saturated rings. The van der Waals surface area contributed by atoms with Crippen molar-refractivity contribution >= 4 is 17.5 Å². The smallest absolute Gasteiger partial charge is 0.274 e. The van der Waals surface area contributed by atoms with Crippen molar-refractivity contribution in [2.75, 3.05) is 10.6 Å². The number of aromatic nitrogens is 2. The number of rotatable bonds is 5. The van der Waals surface area contributed by atoms with Gasteiger partial charge in [0.1, 0.15) is 5.69 Å². The van der Waals surface area contributed by atoms with Gasteiger partial charge >= 0.3 is 0 Å². The van der Waals surface area contributed by atoms with E-state index in [-0.39, 0.29) is 5.91 Å². The Morgan fingerprint density at radius 3 is 2.86 bits per heavy atom. The molecule has 1 heterocycles. The molecule has 2 N–H and O–H groups in total. The predicted octanol–water partition coefficient (Wildman–Crippen LogP) is 3.17. The number of carbonyl (C=O) groups is 1. The van der Waals surface area contributed by atoms with Crippen molar-refractivity contribution < 1.29 is 4.79 Å². The third kappa shape index (κ3) is 3.24. The Labute approximate surface area is 130 Å². The van der Waals surface area contributed by atoms with Crippen molar-refractivity contribution in [3.05, 3.63) is 47.3 Å². The highest BCUT2D eigenvalue weighted by Crippen LogP contribution is 2.23. The fourth-order valence-corrected chi connectivity index (χ4v) is 2.34. The van der Waals surface area contributed by atoms with Gasteiger partial charge in [-0.15, -0.1) is 0 Å². The number of amides is 1. The molecule has 1 aliphatic carbocycles. The van der Waals surface area contributed by atoms with E-state index >= 15 is 0 Å². The number of anilines is 2. The van der Waals surface area contributed by atoms with Gasteiger partial charge in [-0.25, -0.2) is 9.97 Å². The number of para-hydroxylation sites is 1. The summed E-state index contributed by atoms with van der Waals surface area (Å²) in [7, 11) is 0. The van der Waals surface area contributed by atoms with Crippen LogP contribution < -0.4 is 10.6 Å². The highest BCUT2D eigenvalue weighted by Gasteiger charge is 2.22. The number of hydrogen-bond acceptors (Lipinski definition) is 4. The Hall–Kier alpha value is -2.43. The van der Waals surface area contributed by atoms with Crippen molar-refractivity contribution in [2.24, 2.45) is 0 Å². The molecule has 0 bridgehead atoms. The summed E-state index contributed by atoms with van der Waals surface area (Å²) in [4.78, 5) is 20.9. The molecule has 1 aliphatic rings. The van der Waals surface area contributed by atoms with E-state index in [1.165, 1.54) is 0 Å². The average molecular weight is 296 g/mol. The number of nitrogens with one attached hydrogen (secondary N) is 2. The van der Waals surface area contributed by atoms with Crippen LogP contribution in [0.3, 0.4) is 0 Å². The Morgan fingerprint density at radius 1 is 1.32 bits per heavy atom. The fraction of sp³-hybridized carbons (Fsp3) is 0.353. The average Bonchev–Trinajstić information content (AvgIpc) is 3.33. The lowest BCUT2D eigenvalue weighted by Gasteiger charge is -2.13. The summed E-state index contributed by atoms with van der Waals surface area (Å²) in [6, 6.07) is 8.13. The van der Waals surface area contributed by atoms with E-state index in [9.17, 15) is 4.79 Å². The maximum atomic E-state index is 12.5. The van der Waals surface area contributed by atoms with E-state index in [1.54, 1.807) is 12.3 Å². The molecular formula is C17H20N4O. The van der Waals surface area contributed by atoms with Gasteiger partial charge in [-0.2, -0.15) is 0 Å². The molecule has 0 unspecified atom stereocenters. The van der Waals surface area contributed by atoms with Gasteiger partial charge in [0.25, 0.3) is 5.91 Å². The zero-order valence-corrected chi connectivity index (χ0v) is 12.9. The molecule has 0 saturated heterocycles. The Balaban J connectivity index is 1.79. The first kappa shape index (κ1) is 14.5. The predicted molar refractivity (Wildman–Crippen MR) is 87.2 cm³/mol. The van der Waals surface area contributed by atoms with Crippen molar-refractivity contribution in [2.45, 2.75) is 39.2 Å². The number of nitrogens with zero attached hydrogens (tertiary/aromatic N) is 2. The summed E-state index contributed by atoms with van der Waals surface area (Å²) in [5.74, 6) is 0.320. The molecule has 114 valence electrons. The van der Waals surface area contributed by atoms with Gasteiger partial charge in [0.05, 0.1) is 0 Å². The summed E-state index contributed by atoms with van der Waals surface area (Å²) in [5.41, 5.74) is 3.44. The highest BCUT2D eigenvalue weighted by molar-refractivity contribution is 6.03. The second kappa shape index (κ2) is 6.13. The van der Waals surface area contributed by atoms with E-state index in [4.69, 9.17) is 0 Å². The van der Waals surface area contributed by atoms with Crippen LogP contribution in [0.2, 0.25) is 0 Å². The van der Waals surface area contributed by atoms with E-state index in [2.05, 4.69) is 27.5 Å². The Bertz CT molecular complexity index is 695. The van der Waals surface area contributed by atoms with Crippen LogP contribution in [0.5, 0.6) is 0 Å². The standard InChI is InChI=1S/C17H20N4O/c1-3-12-6-4-5-11(2)15(12)21-16(22)14-9-10-18-17(20-14)19-13-7-8-13/h4-6,9-10,13H,3,7-8H2,1-2H3,(H,21,22)(H,18,19,20). The summed E-state index contributed by atoms with van der Waals surface area (Å²) < 4.78 is 0. The quantitative estimate of drug-likeness (QED) is 0.889. The van der Waals surface area contributed by atoms with Crippen LogP contribution in [-0.2, 0) is 6.42 Å². The summed E-state index contributed by atoms with van der Waals surface area (Å²) >= 11 is 0. The first-order chi connectivity index (χ1) is 10.7. The van der Waals surface area contributed by atoms with Gasteiger partial charge in [-0.3, -0.25) is 4.79 Å². The third-order valence-electron chi connectivity index (χ3n) is 3.78. The fourth-order valence-electron chi connectivity index (χ4n) is 2.34. The first-order valence-corrected chi connectivity index (χ1v) is 7.67. The first-order valence-electron chi connectivity index (χ1n) is 7.67. The Morgan fingerprint density at radius 2 is 2.14 bits per heavy atom. The van der Waals surface area contributed by atoms with Crippen molar-refractivity contribution in [3.8, 4) is 0 Å². The molecular weight excluding hydrogens is 276 g/mol. The van der Waals surface area contributed by atoms with E-state index < -0.39 is 0 Å².